The minimum absolute atomic E-state index is 0.0132. The lowest BCUT2D eigenvalue weighted by Crippen LogP contribution is -2.42. The number of benzene rings is 1. The Morgan fingerprint density at radius 1 is 1.17 bits per heavy atom. The Hall–Kier alpha value is -3.61. The highest BCUT2D eigenvalue weighted by molar-refractivity contribution is 5.85. The summed E-state index contributed by atoms with van der Waals surface area (Å²) in [6.07, 6.45) is 7.19. The Kier molecular flexibility index (Phi) is 5.39. The maximum absolute atomic E-state index is 12.5. The summed E-state index contributed by atoms with van der Waals surface area (Å²) in [4.78, 5) is 22.6. The predicted octanol–water partition coefficient (Wildman–Crippen LogP) is 5.22. The van der Waals surface area contributed by atoms with Gasteiger partial charge in [-0.05, 0) is 49.4 Å². The molecule has 186 valence electrons. The number of carbonyl (C=O) groups excluding carboxylic acids is 1. The van der Waals surface area contributed by atoms with E-state index in [9.17, 15) is 4.79 Å². The van der Waals surface area contributed by atoms with Gasteiger partial charge in [-0.3, -0.25) is 4.68 Å². The standard InChI is InChI=1S/C29H34N6O/c1-4-30-27(36)34-14-12-29(19-34)11-8-13-35-25(29)16-24(33-35)20-15-22-23(18-32-26(22)31-17-20)28(2,3)21-9-6-5-7-10-21/h5-7,9-10,15-18H,4,8,11-14,19H2,1-3H3,(H,30,36)(H,31,32). The number of rotatable bonds is 4. The smallest absolute Gasteiger partial charge is 0.317 e. The zero-order valence-electron chi connectivity index (χ0n) is 21.3. The minimum Gasteiger partial charge on any atom is -0.346 e. The number of pyridine rings is 1. The summed E-state index contributed by atoms with van der Waals surface area (Å²) in [6, 6.07) is 15.1. The van der Waals surface area contributed by atoms with Crippen LogP contribution < -0.4 is 5.32 Å². The van der Waals surface area contributed by atoms with Gasteiger partial charge in [-0.2, -0.15) is 5.10 Å². The molecule has 2 aliphatic heterocycles. The number of aromatic nitrogens is 4. The van der Waals surface area contributed by atoms with Gasteiger partial charge in [0.05, 0.1) is 5.69 Å². The molecule has 1 unspecified atom stereocenters. The summed E-state index contributed by atoms with van der Waals surface area (Å²) in [5.41, 5.74) is 6.47. The second-order valence-electron chi connectivity index (χ2n) is 10.8. The van der Waals surface area contributed by atoms with Crippen LogP contribution in [0.3, 0.4) is 0 Å². The normalized spacial score (nSPS) is 19.7. The molecule has 0 saturated carbocycles. The first-order valence-corrected chi connectivity index (χ1v) is 13.1. The molecule has 1 saturated heterocycles. The van der Waals surface area contributed by atoms with Crippen LogP contribution in [0, 0.1) is 0 Å². The quantitative estimate of drug-likeness (QED) is 0.419. The van der Waals surface area contributed by atoms with Crippen molar-refractivity contribution in [2.24, 2.45) is 0 Å². The molecule has 1 atom stereocenters. The van der Waals surface area contributed by atoms with Crippen molar-refractivity contribution in [2.45, 2.75) is 57.4 Å². The monoisotopic (exact) mass is 482 g/mol. The second kappa shape index (κ2) is 8.50. The van der Waals surface area contributed by atoms with E-state index in [0.717, 1.165) is 61.2 Å². The number of aromatic amines is 1. The number of amides is 2. The van der Waals surface area contributed by atoms with Crippen molar-refractivity contribution in [3.63, 3.8) is 0 Å². The molecule has 4 aromatic rings. The average molecular weight is 483 g/mol. The van der Waals surface area contributed by atoms with Crippen molar-refractivity contribution < 1.29 is 4.79 Å². The van der Waals surface area contributed by atoms with E-state index in [0.29, 0.717) is 6.54 Å². The number of hydrogen-bond donors (Lipinski definition) is 2. The fraction of sp³-hybridized carbons (Fsp3) is 0.414. The maximum Gasteiger partial charge on any atom is 0.317 e. The Labute approximate surface area is 211 Å². The summed E-state index contributed by atoms with van der Waals surface area (Å²) >= 11 is 0. The fourth-order valence-electron chi connectivity index (χ4n) is 6.24. The van der Waals surface area contributed by atoms with Gasteiger partial charge in [0.1, 0.15) is 5.65 Å². The molecule has 7 heteroatoms. The number of nitrogens with one attached hydrogen (secondary N) is 2. The number of likely N-dealkylation sites (tertiary alicyclic amines) is 1. The molecule has 2 N–H and O–H groups in total. The van der Waals surface area contributed by atoms with E-state index < -0.39 is 0 Å². The topological polar surface area (TPSA) is 78.8 Å². The van der Waals surface area contributed by atoms with Gasteiger partial charge in [0.25, 0.3) is 0 Å². The second-order valence-corrected chi connectivity index (χ2v) is 10.8. The first kappa shape index (κ1) is 22.8. The van der Waals surface area contributed by atoms with Crippen LogP contribution in [0.2, 0.25) is 0 Å². The fourth-order valence-corrected chi connectivity index (χ4v) is 6.24. The van der Waals surface area contributed by atoms with E-state index in [2.05, 4.69) is 77.5 Å². The molecule has 2 aliphatic rings. The Balaban J connectivity index is 1.37. The van der Waals surface area contributed by atoms with Gasteiger partial charge in [0.2, 0.25) is 0 Å². The van der Waals surface area contributed by atoms with Crippen LogP contribution >= 0.6 is 0 Å². The van der Waals surface area contributed by atoms with E-state index in [1.165, 1.54) is 16.8 Å². The first-order valence-electron chi connectivity index (χ1n) is 13.1. The minimum atomic E-state index is -0.163. The van der Waals surface area contributed by atoms with Gasteiger partial charge in [-0.1, -0.05) is 44.2 Å². The lowest BCUT2D eigenvalue weighted by molar-refractivity contribution is 0.203. The molecule has 0 aliphatic carbocycles. The largest absolute Gasteiger partial charge is 0.346 e. The van der Waals surface area contributed by atoms with Gasteiger partial charge in [-0.15, -0.1) is 0 Å². The van der Waals surface area contributed by atoms with E-state index in [1.54, 1.807) is 0 Å². The molecular weight excluding hydrogens is 448 g/mol. The Morgan fingerprint density at radius 3 is 2.81 bits per heavy atom. The van der Waals surface area contributed by atoms with Crippen LogP contribution in [0.1, 0.15) is 56.9 Å². The van der Waals surface area contributed by atoms with Crippen LogP contribution in [0.25, 0.3) is 22.3 Å². The molecule has 0 radical (unpaired) electrons. The highest BCUT2D eigenvalue weighted by Gasteiger charge is 2.45. The van der Waals surface area contributed by atoms with Gasteiger partial charge in [0, 0.05) is 66.0 Å². The Morgan fingerprint density at radius 2 is 2.00 bits per heavy atom. The molecule has 5 heterocycles. The van der Waals surface area contributed by atoms with Crippen LogP contribution in [0.5, 0.6) is 0 Å². The summed E-state index contributed by atoms with van der Waals surface area (Å²) in [5.74, 6) is 0. The first-order chi connectivity index (χ1) is 17.4. The lowest BCUT2D eigenvalue weighted by atomic mass is 9.77. The molecule has 1 fully saturated rings. The van der Waals surface area contributed by atoms with Crippen LogP contribution in [0.15, 0.2) is 54.9 Å². The molecule has 7 nitrogen and oxygen atoms in total. The molecular formula is C29H34N6O. The van der Waals surface area contributed by atoms with Crippen molar-refractivity contribution in [1.29, 1.82) is 0 Å². The van der Waals surface area contributed by atoms with E-state index in [-0.39, 0.29) is 16.9 Å². The van der Waals surface area contributed by atoms with Crippen molar-refractivity contribution in [1.82, 2.24) is 30.0 Å². The zero-order valence-corrected chi connectivity index (χ0v) is 21.3. The third kappa shape index (κ3) is 3.60. The molecule has 6 rings (SSSR count). The van der Waals surface area contributed by atoms with E-state index in [4.69, 9.17) is 10.1 Å². The van der Waals surface area contributed by atoms with Crippen molar-refractivity contribution in [2.75, 3.05) is 19.6 Å². The van der Waals surface area contributed by atoms with Gasteiger partial charge < -0.3 is 15.2 Å². The highest BCUT2D eigenvalue weighted by atomic mass is 16.2. The Bertz CT molecular complexity index is 1420. The van der Waals surface area contributed by atoms with Crippen molar-refractivity contribution in [3.05, 3.63) is 71.7 Å². The number of nitrogens with zero attached hydrogens (tertiary/aromatic N) is 4. The summed E-state index contributed by atoms with van der Waals surface area (Å²) < 4.78 is 2.18. The van der Waals surface area contributed by atoms with E-state index in [1.807, 2.05) is 18.0 Å². The number of aryl methyl sites for hydroxylation is 1. The molecule has 3 aromatic heterocycles. The summed E-state index contributed by atoms with van der Waals surface area (Å²) in [5, 5.41) is 9.13. The third-order valence-electron chi connectivity index (χ3n) is 8.31. The number of urea groups is 1. The molecule has 36 heavy (non-hydrogen) atoms. The van der Waals surface area contributed by atoms with Crippen LogP contribution in [0.4, 0.5) is 4.79 Å². The van der Waals surface area contributed by atoms with E-state index >= 15 is 0 Å². The molecule has 1 spiro atoms. The van der Waals surface area contributed by atoms with Crippen LogP contribution in [-0.4, -0.2) is 50.3 Å². The van der Waals surface area contributed by atoms with Crippen molar-refractivity contribution in [3.8, 4) is 11.3 Å². The number of hydrogen-bond acceptors (Lipinski definition) is 3. The number of H-pyrrole nitrogens is 1. The highest BCUT2D eigenvalue weighted by Crippen LogP contribution is 2.43. The predicted molar refractivity (Wildman–Crippen MR) is 142 cm³/mol. The maximum atomic E-state index is 12.5. The molecule has 1 aromatic carbocycles. The third-order valence-corrected chi connectivity index (χ3v) is 8.31. The molecule has 2 amide bonds. The number of fused-ring (bicyclic) bond motifs is 3. The molecule has 0 bridgehead atoms. The van der Waals surface area contributed by atoms with Gasteiger partial charge >= 0.3 is 6.03 Å². The zero-order chi connectivity index (χ0) is 24.9. The number of carbonyl (C=O) groups is 1. The summed E-state index contributed by atoms with van der Waals surface area (Å²) in [6.45, 7) is 9.62. The lowest BCUT2D eigenvalue weighted by Gasteiger charge is -2.34. The van der Waals surface area contributed by atoms with Crippen LogP contribution in [-0.2, 0) is 17.4 Å². The van der Waals surface area contributed by atoms with Gasteiger partial charge in [-0.25, -0.2) is 9.78 Å². The summed E-state index contributed by atoms with van der Waals surface area (Å²) in [7, 11) is 0. The van der Waals surface area contributed by atoms with Crippen molar-refractivity contribution >= 4 is 17.1 Å². The van der Waals surface area contributed by atoms with Gasteiger partial charge in [0.15, 0.2) is 0 Å². The SMILES string of the molecule is CCNC(=O)N1CCC2(CCCn3nc(-c4cnc5[nH]cc(C(C)(C)c6ccccc6)c5c4)cc32)C1. The average Bonchev–Trinajstić information content (AvgIpc) is 3.62.